The fourth-order valence-corrected chi connectivity index (χ4v) is 3.54. The van der Waals surface area contributed by atoms with Gasteiger partial charge in [-0.25, -0.2) is 0 Å². The predicted octanol–water partition coefficient (Wildman–Crippen LogP) is 4.47. The summed E-state index contributed by atoms with van der Waals surface area (Å²) in [5, 5.41) is 6.42. The Kier molecular flexibility index (Phi) is 6.70. The van der Waals surface area contributed by atoms with Gasteiger partial charge < -0.3 is 15.1 Å². The van der Waals surface area contributed by atoms with E-state index in [4.69, 9.17) is 16.0 Å². The number of amides is 2. The Labute approximate surface area is 186 Å². The quantitative estimate of drug-likeness (QED) is 0.518. The maximum Gasteiger partial charge on any atom is 0.253 e. The van der Waals surface area contributed by atoms with Crippen LogP contribution in [0, 0.1) is 0 Å². The fraction of sp³-hybridized carbons (Fsp3) is 0.250. The normalized spacial score (nSPS) is 13.2. The molecule has 3 aromatic rings. The van der Waals surface area contributed by atoms with Gasteiger partial charge in [0.2, 0.25) is 5.91 Å². The largest absolute Gasteiger partial charge is 0.467 e. The van der Waals surface area contributed by atoms with Crippen molar-refractivity contribution < 1.29 is 14.0 Å². The molecule has 0 bridgehead atoms. The third-order valence-corrected chi connectivity index (χ3v) is 5.41. The van der Waals surface area contributed by atoms with Crippen LogP contribution in [0.2, 0.25) is 5.02 Å². The lowest BCUT2D eigenvalue weighted by Crippen LogP contribution is -2.35. The van der Waals surface area contributed by atoms with Crippen molar-refractivity contribution in [2.75, 3.05) is 11.9 Å². The molecule has 1 aliphatic carbocycles. The molecular formula is C24H24ClN3O3. The van der Waals surface area contributed by atoms with Gasteiger partial charge in [0, 0.05) is 17.6 Å². The van der Waals surface area contributed by atoms with Crippen LogP contribution in [0.3, 0.4) is 0 Å². The van der Waals surface area contributed by atoms with Crippen LogP contribution in [0.15, 0.2) is 71.3 Å². The monoisotopic (exact) mass is 437 g/mol. The lowest BCUT2D eigenvalue weighted by atomic mass is 10.1. The number of halogens is 1. The molecule has 0 atom stereocenters. The summed E-state index contributed by atoms with van der Waals surface area (Å²) in [4.78, 5) is 27.6. The van der Waals surface area contributed by atoms with Gasteiger partial charge >= 0.3 is 0 Å². The third kappa shape index (κ3) is 5.96. The molecule has 1 heterocycles. The van der Waals surface area contributed by atoms with E-state index in [1.165, 1.54) is 0 Å². The van der Waals surface area contributed by atoms with Gasteiger partial charge in [-0.15, -0.1) is 0 Å². The number of carbonyl (C=O) groups excluding carboxylic acids is 2. The maximum absolute atomic E-state index is 12.8. The van der Waals surface area contributed by atoms with Crippen LogP contribution in [-0.2, 0) is 17.9 Å². The molecule has 0 spiro atoms. The number of nitrogens with zero attached hydrogens (tertiary/aromatic N) is 1. The van der Waals surface area contributed by atoms with Gasteiger partial charge in [0.25, 0.3) is 5.91 Å². The molecule has 0 unspecified atom stereocenters. The molecule has 31 heavy (non-hydrogen) atoms. The molecule has 0 aliphatic heterocycles. The molecule has 1 aliphatic rings. The van der Waals surface area contributed by atoms with Crippen molar-refractivity contribution in [1.29, 1.82) is 0 Å². The van der Waals surface area contributed by atoms with E-state index in [9.17, 15) is 9.59 Å². The van der Waals surface area contributed by atoms with Crippen LogP contribution < -0.4 is 10.6 Å². The lowest BCUT2D eigenvalue weighted by Gasteiger charge is -2.22. The second kappa shape index (κ2) is 9.81. The zero-order chi connectivity index (χ0) is 21.6. The Morgan fingerprint density at radius 3 is 2.52 bits per heavy atom. The predicted molar refractivity (Wildman–Crippen MR) is 120 cm³/mol. The molecule has 1 aromatic heterocycles. The number of anilines is 1. The van der Waals surface area contributed by atoms with E-state index < -0.39 is 0 Å². The highest BCUT2D eigenvalue weighted by Crippen LogP contribution is 2.28. The van der Waals surface area contributed by atoms with Crippen molar-refractivity contribution in [1.82, 2.24) is 10.2 Å². The first-order chi connectivity index (χ1) is 15.1. The van der Waals surface area contributed by atoms with E-state index in [0.717, 1.165) is 18.4 Å². The molecular weight excluding hydrogens is 414 g/mol. The molecule has 0 saturated heterocycles. The Bertz CT molecular complexity index is 1030. The Balaban J connectivity index is 1.38. The number of nitrogens with one attached hydrogen (secondary N) is 2. The summed E-state index contributed by atoms with van der Waals surface area (Å²) in [5.74, 6) is 0.247. The Hall–Kier alpha value is -3.09. The summed E-state index contributed by atoms with van der Waals surface area (Å²) >= 11 is 5.97. The van der Waals surface area contributed by atoms with Crippen molar-refractivity contribution in [2.24, 2.45) is 0 Å². The second-order valence-electron chi connectivity index (χ2n) is 7.62. The first-order valence-corrected chi connectivity index (χ1v) is 10.6. The highest BCUT2D eigenvalue weighted by atomic mass is 35.5. The average Bonchev–Trinajstić information content (AvgIpc) is 3.49. The Morgan fingerprint density at radius 2 is 1.81 bits per heavy atom. The third-order valence-electron chi connectivity index (χ3n) is 5.16. The minimum absolute atomic E-state index is 0.146. The standard InChI is InChI=1S/C24H24ClN3O3/c25-18-9-7-17(8-10-18)15-28(19-11-12-19)16-23(29)27-22-6-2-1-5-21(22)24(30)26-14-20-4-3-13-31-20/h1-10,13,19H,11-12,14-16H2,(H,26,30)(H,27,29). The first kappa shape index (κ1) is 21.2. The van der Waals surface area contributed by atoms with E-state index in [1.807, 2.05) is 24.3 Å². The molecule has 160 valence electrons. The molecule has 1 fully saturated rings. The molecule has 1 saturated carbocycles. The van der Waals surface area contributed by atoms with E-state index in [-0.39, 0.29) is 24.9 Å². The summed E-state index contributed by atoms with van der Waals surface area (Å²) < 4.78 is 5.24. The SMILES string of the molecule is O=C(CN(Cc1ccc(Cl)cc1)C1CC1)Nc1ccccc1C(=O)NCc1ccco1. The van der Waals surface area contributed by atoms with Gasteiger partial charge in [-0.05, 0) is 54.8 Å². The maximum atomic E-state index is 12.8. The van der Waals surface area contributed by atoms with Crippen molar-refractivity contribution in [2.45, 2.75) is 32.0 Å². The van der Waals surface area contributed by atoms with Crippen molar-refractivity contribution in [3.63, 3.8) is 0 Å². The van der Waals surface area contributed by atoms with Gasteiger partial charge in [-0.1, -0.05) is 35.9 Å². The van der Waals surface area contributed by atoms with E-state index >= 15 is 0 Å². The number of hydrogen-bond donors (Lipinski definition) is 2. The van der Waals surface area contributed by atoms with Crippen LogP contribution in [0.5, 0.6) is 0 Å². The van der Waals surface area contributed by atoms with Gasteiger partial charge in [0.1, 0.15) is 5.76 Å². The molecule has 2 amide bonds. The van der Waals surface area contributed by atoms with Crippen LogP contribution in [0.1, 0.15) is 34.5 Å². The summed E-state index contributed by atoms with van der Waals surface area (Å²) in [5.41, 5.74) is 2.02. The van der Waals surface area contributed by atoms with E-state index in [0.29, 0.717) is 34.6 Å². The Morgan fingerprint density at radius 1 is 1.03 bits per heavy atom. The van der Waals surface area contributed by atoms with E-state index in [2.05, 4.69) is 15.5 Å². The minimum atomic E-state index is -0.271. The van der Waals surface area contributed by atoms with Gasteiger partial charge in [0.15, 0.2) is 0 Å². The van der Waals surface area contributed by atoms with Crippen molar-refractivity contribution >= 4 is 29.1 Å². The molecule has 6 nitrogen and oxygen atoms in total. The van der Waals surface area contributed by atoms with Crippen LogP contribution in [-0.4, -0.2) is 29.3 Å². The van der Waals surface area contributed by atoms with E-state index in [1.54, 1.807) is 42.7 Å². The van der Waals surface area contributed by atoms with Crippen LogP contribution in [0.25, 0.3) is 0 Å². The van der Waals surface area contributed by atoms with Gasteiger partial charge in [-0.2, -0.15) is 0 Å². The molecule has 2 N–H and O–H groups in total. The van der Waals surface area contributed by atoms with Crippen LogP contribution in [0.4, 0.5) is 5.69 Å². The molecule has 7 heteroatoms. The van der Waals surface area contributed by atoms with Crippen LogP contribution >= 0.6 is 11.6 Å². The number of para-hydroxylation sites is 1. The molecule has 2 aromatic carbocycles. The number of furan rings is 1. The number of carbonyl (C=O) groups is 2. The molecule has 0 radical (unpaired) electrons. The summed E-state index contributed by atoms with van der Waals surface area (Å²) in [6.45, 7) is 1.22. The average molecular weight is 438 g/mol. The molecule has 4 rings (SSSR count). The summed E-state index contributed by atoms with van der Waals surface area (Å²) in [6, 6.07) is 18.7. The zero-order valence-corrected chi connectivity index (χ0v) is 17.8. The highest BCUT2D eigenvalue weighted by molar-refractivity contribution is 6.30. The van der Waals surface area contributed by atoms with Gasteiger partial charge in [-0.3, -0.25) is 14.5 Å². The van der Waals surface area contributed by atoms with Gasteiger partial charge in [0.05, 0.1) is 30.6 Å². The first-order valence-electron chi connectivity index (χ1n) is 10.3. The number of hydrogen-bond acceptors (Lipinski definition) is 4. The smallest absolute Gasteiger partial charge is 0.253 e. The number of benzene rings is 2. The fourth-order valence-electron chi connectivity index (χ4n) is 3.42. The summed E-state index contributed by atoms with van der Waals surface area (Å²) in [7, 11) is 0. The highest BCUT2D eigenvalue weighted by Gasteiger charge is 2.30. The second-order valence-corrected chi connectivity index (χ2v) is 8.05. The topological polar surface area (TPSA) is 74.6 Å². The van der Waals surface area contributed by atoms with Crippen molar-refractivity contribution in [3.05, 3.63) is 88.8 Å². The summed E-state index contributed by atoms with van der Waals surface area (Å²) in [6.07, 6.45) is 3.74. The minimum Gasteiger partial charge on any atom is -0.467 e. The zero-order valence-electron chi connectivity index (χ0n) is 17.0. The number of rotatable bonds is 9. The van der Waals surface area contributed by atoms with Crippen molar-refractivity contribution in [3.8, 4) is 0 Å². The lowest BCUT2D eigenvalue weighted by molar-refractivity contribution is -0.117.